The largest absolute Gasteiger partial charge is 0.497 e. The summed E-state index contributed by atoms with van der Waals surface area (Å²) < 4.78 is 10.9. The van der Waals surface area contributed by atoms with Crippen LogP contribution in [0.3, 0.4) is 0 Å². The van der Waals surface area contributed by atoms with Crippen LogP contribution < -0.4 is 9.47 Å². The molecular weight excluding hydrogens is 288 g/mol. The Labute approximate surface area is 136 Å². The summed E-state index contributed by atoms with van der Waals surface area (Å²) in [6.45, 7) is 0. The third kappa shape index (κ3) is 2.78. The van der Waals surface area contributed by atoms with Gasteiger partial charge in [0.2, 0.25) is 0 Å². The van der Waals surface area contributed by atoms with Crippen LogP contribution in [0.4, 0.5) is 0 Å². The third-order valence-electron chi connectivity index (χ3n) is 4.17. The molecule has 0 spiro atoms. The van der Waals surface area contributed by atoms with E-state index in [0.717, 1.165) is 22.6 Å². The molecule has 3 rings (SSSR count). The van der Waals surface area contributed by atoms with Crippen LogP contribution in [0.1, 0.15) is 17.2 Å². The van der Waals surface area contributed by atoms with Gasteiger partial charge in [0.1, 0.15) is 11.5 Å². The van der Waals surface area contributed by atoms with E-state index in [1.807, 2.05) is 18.2 Å². The molecular formula is C19H22N2O2. The number of aromatic nitrogens is 1. The number of rotatable bonds is 5. The smallest absolute Gasteiger partial charge is 0.127 e. The van der Waals surface area contributed by atoms with E-state index in [2.05, 4.69) is 54.4 Å². The maximum atomic E-state index is 5.61. The summed E-state index contributed by atoms with van der Waals surface area (Å²) in [5.74, 6) is 1.62. The van der Waals surface area contributed by atoms with Crippen molar-refractivity contribution in [3.8, 4) is 11.5 Å². The fraction of sp³-hybridized carbons (Fsp3) is 0.263. The molecule has 0 fully saturated rings. The molecule has 23 heavy (non-hydrogen) atoms. The van der Waals surface area contributed by atoms with Gasteiger partial charge in [-0.1, -0.05) is 18.2 Å². The van der Waals surface area contributed by atoms with E-state index < -0.39 is 0 Å². The van der Waals surface area contributed by atoms with Crippen molar-refractivity contribution in [1.82, 2.24) is 9.88 Å². The molecule has 0 aliphatic carbocycles. The standard InChI is InChI=1S/C19H22N2O2/c1-21(2)19(15-10-9-13(22-3)11-18(15)23-4)16-12-20-17-8-6-5-7-14(16)17/h5-12,19-20H,1-4H3. The van der Waals surface area contributed by atoms with Gasteiger partial charge in [0.15, 0.2) is 0 Å². The van der Waals surface area contributed by atoms with E-state index in [1.165, 1.54) is 10.9 Å². The zero-order chi connectivity index (χ0) is 16.4. The highest BCUT2D eigenvalue weighted by molar-refractivity contribution is 5.84. The van der Waals surface area contributed by atoms with Crippen LogP contribution in [0.2, 0.25) is 0 Å². The molecule has 0 bridgehead atoms. The SMILES string of the molecule is COc1ccc(C(c2c[nH]c3ccccc23)N(C)C)c(OC)c1. The summed E-state index contributed by atoms with van der Waals surface area (Å²) >= 11 is 0. The van der Waals surface area contributed by atoms with Gasteiger partial charge in [-0.2, -0.15) is 0 Å². The Morgan fingerprint density at radius 1 is 0.957 bits per heavy atom. The van der Waals surface area contributed by atoms with E-state index >= 15 is 0 Å². The van der Waals surface area contributed by atoms with Gasteiger partial charge < -0.3 is 14.5 Å². The lowest BCUT2D eigenvalue weighted by Crippen LogP contribution is -2.21. The first-order chi connectivity index (χ1) is 11.2. The second-order valence-corrected chi connectivity index (χ2v) is 5.76. The Balaban J connectivity index is 2.16. The topological polar surface area (TPSA) is 37.5 Å². The number of fused-ring (bicyclic) bond motifs is 1. The van der Waals surface area contributed by atoms with Crippen LogP contribution in [-0.2, 0) is 0 Å². The molecule has 0 aliphatic heterocycles. The molecule has 2 aromatic carbocycles. The van der Waals surface area contributed by atoms with Gasteiger partial charge in [-0.25, -0.2) is 0 Å². The lowest BCUT2D eigenvalue weighted by molar-refractivity contribution is 0.326. The predicted molar refractivity (Wildman–Crippen MR) is 93.4 cm³/mol. The number of nitrogens with zero attached hydrogens (tertiary/aromatic N) is 1. The number of hydrogen-bond acceptors (Lipinski definition) is 3. The number of methoxy groups -OCH3 is 2. The van der Waals surface area contributed by atoms with Crippen molar-refractivity contribution in [2.75, 3.05) is 28.3 Å². The highest BCUT2D eigenvalue weighted by Crippen LogP contribution is 2.38. The second kappa shape index (κ2) is 6.34. The summed E-state index contributed by atoms with van der Waals surface area (Å²) in [5, 5.41) is 1.23. The summed E-state index contributed by atoms with van der Waals surface area (Å²) in [6, 6.07) is 14.4. The van der Waals surface area contributed by atoms with E-state index in [1.54, 1.807) is 14.2 Å². The summed E-state index contributed by atoms with van der Waals surface area (Å²) in [4.78, 5) is 5.56. The molecule has 120 valence electrons. The van der Waals surface area contributed by atoms with Crippen LogP contribution in [0.15, 0.2) is 48.7 Å². The van der Waals surface area contributed by atoms with Crippen molar-refractivity contribution in [1.29, 1.82) is 0 Å². The molecule has 1 atom stereocenters. The summed E-state index contributed by atoms with van der Waals surface area (Å²) in [5.41, 5.74) is 3.49. The number of aromatic amines is 1. The zero-order valence-corrected chi connectivity index (χ0v) is 14.0. The van der Waals surface area contributed by atoms with Crippen LogP contribution in [0.25, 0.3) is 10.9 Å². The Kier molecular flexibility index (Phi) is 4.26. The Morgan fingerprint density at radius 2 is 1.74 bits per heavy atom. The molecule has 0 aliphatic rings. The minimum absolute atomic E-state index is 0.0898. The highest BCUT2D eigenvalue weighted by atomic mass is 16.5. The van der Waals surface area contributed by atoms with E-state index in [9.17, 15) is 0 Å². The molecule has 0 radical (unpaired) electrons. The van der Waals surface area contributed by atoms with Crippen LogP contribution in [-0.4, -0.2) is 38.2 Å². The van der Waals surface area contributed by atoms with Gasteiger partial charge in [0, 0.05) is 28.7 Å². The molecule has 4 nitrogen and oxygen atoms in total. The number of para-hydroxylation sites is 1. The van der Waals surface area contributed by atoms with Crippen molar-refractivity contribution in [3.63, 3.8) is 0 Å². The number of H-pyrrole nitrogens is 1. The number of benzene rings is 2. The number of ether oxygens (including phenoxy) is 2. The molecule has 3 aromatic rings. The molecule has 1 aromatic heterocycles. The lowest BCUT2D eigenvalue weighted by Gasteiger charge is -2.26. The van der Waals surface area contributed by atoms with Gasteiger partial charge in [0.25, 0.3) is 0 Å². The molecule has 0 amide bonds. The minimum Gasteiger partial charge on any atom is -0.497 e. The monoisotopic (exact) mass is 310 g/mol. The molecule has 1 N–H and O–H groups in total. The Bertz CT molecular complexity index is 808. The Morgan fingerprint density at radius 3 is 2.43 bits per heavy atom. The minimum atomic E-state index is 0.0898. The fourth-order valence-corrected chi connectivity index (χ4v) is 3.09. The maximum Gasteiger partial charge on any atom is 0.127 e. The third-order valence-corrected chi connectivity index (χ3v) is 4.17. The van der Waals surface area contributed by atoms with Gasteiger partial charge in [-0.05, 0) is 37.9 Å². The summed E-state index contributed by atoms with van der Waals surface area (Å²) in [6.07, 6.45) is 2.08. The average Bonchev–Trinajstić information content (AvgIpc) is 2.99. The van der Waals surface area contributed by atoms with Gasteiger partial charge in [-0.15, -0.1) is 0 Å². The van der Waals surface area contributed by atoms with E-state index in [-0.39, 0.29) is 6.04 Å². The van der Waals surface area contributed by atoms with Crippen LogP contribution >= 0.6 is 0 Å². The van der Waals surface area contributed by atoms with Crippen molar-refractivity contribution in [3.05, 3.63) is 59.8 Å². The maximum absolute atomic E-state index is 5.61. The molecule has 1 unspecified atom stereocenters. The van der Waals surface area contributed by atoms with E-state index in [0.29, 0.717) is 0 Å². The summed E-state index contributed by atoms with van der Waals surface area (Å²) in [7, 11) is 7.52. The fourth-order valence-electron chi connectivity index (χ4n) is 3.09. The van der Waals surface area contributed by atoms with Crippen molar-refractivity contribution in [2.45, 2.75) is 6.04 Å². The zero-order valence-electron chi connectivity index (χ0n) is 14.0. The quantitative estimate of drug-likeness (QED) is 0.778. The van der Waals surface area contributed by atoms with Crippen molar-refractivity contribution >= 4 is 10.9 Å². The van der Waals surface area contributed by atoms with Gasteiger partial charge in [0.05, 0.1) is 20.3 Å². The second-order valence-electron chi connectivity index (χ2n) is 5.76. The first kappa shape index (κ1) is 15.4. The molecule has 0 saturated carbocycles. The Hall–Kier alpha value is -2.46. The molecule has 4 heteroatoms. The van der Waals surface area contributed by atoms with E-state index in [4.69, 9.17) is 9.47 Å². The number of nitrogens with one attached hydrogen (secondary N) is 1. The van der Waals surface area contributed by atoms with Crippen LogP contribution in [0.5, 0.6) is 11.5 Å². The highest BCUT2D eigenvalue weighted by Gasteiger charge is 2.23. The van der Waals surface area contributed by atoms with Gasteiger partial charge in [-0.3, -0.25) is 4.90 Å². The van der Waals surface area contributed by atoms with Crippen LogP contribution in [0, 0.1) is 0 Å². The van der Waals surface area contributed by atoms with Crippen molar-refractivity contribution < 1.29 is 9.47 Å². The van der Waals surface area contributed by atoms with Gasteiger partial charge >= 0.3 is 0 Å². The number of hydrogen-bond donors (Lipinski definition) is 1. The predicted octanol–water partition coefficient (Wildman–Crippen LogP) is 3.84. The van der Waals surface area contributed by atoms with Crippen molar-refractivity contribution in [2.24, 2.45) is 0 Å². The molecule has 0 saturated heterocycles. The first-order valence-corrected chi connectivity index (χ1v) is 7.60. The average molecular weight is 310 g/mol. The lowest BCUT2D eigenvalue weighted by atomic mass is 9.96. The molecule has 1 heterocycles. The first-order valence-electron chi connectivity index (χ1n) is 7.60. The normalized spacial score (nSPS) is 12.6.